The summed E-state index contributed by atoms with van der Waals surface area (Å²) in [5.74, 6) is -1.07. The normalized spacial score (nSPS) is 11.0. The van der Waals surface area contributed by atoms with E-state index >= 15 is 0 Å². The second-order valence-corrected chi connectivity index (χ2v) is 7.78. The van der Waals surface area contributed by atoms with E-state index in [9.17, 15) is 17.2 Å². The molecule has 0 atom stereocenters. The Morgan fingerprint density at radius 2 is 1.73 bits per heavy atom. The molecule has 2 aromatic rings. The first-order valence-electron chi connectivity index (χ1n) is 7.75. The molecule has 0 unspecified atom stereocenters. The number of rotatable bonds is 7. The standard InChI is InChI=1S/C18H18F2N2O3S/c1-22(18-16(19)10-13(12-21)11-17(18)20)8-3-9-25-14-4-6-15(7-5-14)26(2,23)24/h4-7,10-11H,3,8-9H2,1-2H3. The van der Waals surface area contributed by atoms with Gasteiger partial charge in [-0.15, -0.1) is 0 Å². The van der Waals surface area contributed by atoms with Crippen molar-refractivity contribution in [3.63, 3.8) is 0 Å². The third-order valence-corrected chi connectivity index (χ3v) is 4.81. The van der Waals surface area contributed by atoms with Crippen molar-refractivity contribution in [3.8, 4) is 11.8 Å². The molecule has 0 saturated carbocycles. The van der Waals surface area contributed by atoms with E-state index < -0.39 is 21.5 Å². The summed E-state index contributed by atoms with van der Waals surface area (Å²) < 4.78 is 56.2. The van der Waals surface area contributed by atoms with Crippen LogP contribution in [0.15, 0.2) is 41.3 Å². The summed E-state index contributed by atoms with van der Waals surface area (Å²) >= 11 is 0. The lowest BCUT2D eigenvalue weighted by molar-refractivity contribution is 0.312. The average Bonchev–Trinajstić information content (AvgIpc) is 2.57. The monoisotopic (exact) mass is 380 g/mol. The van der Waals surface area contributed by atoms with Gasteiger partial charge in [0.05, 0.1) is 23.1 Å². The van der Waals surface area contributed by atoms with Crippen LogP contribution in [-0.4, -0.2) is 34.9 Å². The van der Waals surface area contributed by atoms with Crippen LogP contribution in [0.4, 0.5) is 14.5 Å². The van der Waals surface area contributed by atoms with E-state index in [1.807, 2.05) is 0 Å². The first kappa shape index (κ1) is 19.7. The Morgan fingerprint density at radius 1 is 1.15 bits per heavy atom. The van der Waals surface area contributed by atoms with Gasteiger partial charge < -0.3 is 9.64 Å². The Labute approximate surface area is 151 Å². The van der Waals surface area contributed by atoms with Crippen molar-refractivity contribution in [3.05, 3.63) is 53.6 Å². The van der Waals surface area contributed by atoms with E-state index in [1.54, 1.807) is 25.2 Å². The van der Waals surface area contributed by atoms with Gasteiger partial charge in [0.2, 0.25) is 0 Å². The van der Waals surface area contributed by atoms with E-state index in [4.69, 9.17) is 10.00 Å². The van der Waals surface area contributed by atoms with Crippen molar-refractivity contribution >= 4 is 15.5 Å². The van der Waals surface area contributed by atoms with Crippen molar-refractivity contribution in [1.82, 2.24) is 0 Å². The van der Waals surface area contributed by atoms with Crippen LogP contribution in [0, 0.1) is 23.0 Å². The van der Waals surface area contributed by atoms with Crippen molar-refractivity contribution in [2.75, 3.05) is 31.4 Å². The molecule has 8 heteroatoms. The molecule has 0 aromatic heterocycles. The van der Waals surface area contributed by atoms with E-state index in [-0.39, 0.29) is 16.1 Å². The van der Waals surface area contributed by atoms with E-state index in [0.717, 1.165) is 18.4 Å². The zero-order valence-electron chi connectivity index (χ0n) is 14.4. The number of anilines is 1. The molecule has 0 amide bonds. The molecule has 0 saturated heterocycles. The van der Waals surface area contributed by atoms with Gasteiger partial charge in [-0.3, -0.25) is 0 Å². The highest BCUT2D eigenvalue weighted by molar-refractivity contribution is 7.90. The van der Waals surface area contributed by atoms with Gasteiger partial charge in [0.1, 0.15) is 11.4 Å². The molecular weight excluding hydrogens is 362 g/mol. The smallest absolute Gasteiger partial charge is 0.175 e. The van der Waals surface area contributed by atoms with Crippen molar-refractivity contribution in [2.45, 2.75) is 11.3 Å². The number of hydrogen-bond acceptors (Lipinski definition) is 5. The summed E-state index contributed by atoms with van der Waals surface area (Å²) in [6.45, 7) is 0.628. The number of hydrogen-bond donors (Lipinski definition) is 0. The van der Waals surface area contributed by atoms with Crippen LogP contribution >= 0.6 is 0 Å². The summed E-state index contributed by atoms with van der Waals surface area (Å²) in [6, 6.07) is 9.72. The molecule has 0 spiro atoms. The third kappa shape index (κ3) is 4.92. The Kier molecular flexibility index (Phi) is 6.16. The summed E-state index contributed by atoms with van der Waals surface area (Å²) in [5, 5.41) is 8.71. The van der Waals surface area contributed by atoms with Gasteiger partial charge in [-0.1, -0.05) is 0 Å². The maximum Gasteiger partial charge on any atom is 0.175 e. The lowest BCUT2D eigenvalue weighted by atomic mass is 10.2. The molecular formula is C18H18F2N2O3S. The second-order valence-electron chi connectivity index (χ2n) is 5.77. The predicted molar refractivity (Wildman–Crippen MR) is 94.0 cm³/mol. The zero-order chi connectivity index (χ0) is 19.3. The van der Waals surface area contributed by atoms with Crippen LogP contribution in [-0.2, 0) is 9.84 Å². The van der Waals surface area contributed by atoms with E-state index in [0.29, 0.717) is 25.3 Å². The largest absolute Gasteiger partial charge is 0.494 e. The van der Waals surface area contributed by atoms with E-state index in [2.05, 4.69) is 0 Å². The van der Waals surface area contributed by atoms with Crippen LogP contribution in [0.1, 0.15) is 12.0 Å². The first-order valence-corrected chi connectivity index (χ1v) is 9.64. The number of sulfone groups is 1. The fraction of sp³-hybridized carbons (Fsp3) is 0.278. The number of halogens is 2. The summed E-state index contributed by atoms with van der Waals surface area (Å²) in [5.41, 5.74) is -0.264. The highest BCUT2D eigenvalue weighted by Crippen LogP contribution is 2.24. The fourth-order valence-electron chi connectivity index (χ4n) is 2.38. The van der Waals surface area contributed by atoms with Gasteiger partial charge in [0, 0.05) is 19.8 Å². The van der Waals surface area contributed by atoms with Crippen molar-refractivity contribution < 1.29 is 21.9 Å². The van der Waals surface area contributed by atoms with Gasteiger partial charge in [0.15, 0.2) is 21.5 Å². The number of ether oxygens (including phenoxy) is 1. The molecule has 0 bridgehead atoms. The maximum atomic E-state index is 13.9. The number of nitriles is 1. The zero-order valence-corrected chi connectivity index (χ0v) is 15.2. The quantitative estimate of drug-likeness (QED) is 0.690. The first-order chi connectivity index (χ1) is 12.2. The Morgan fingerprint density at radius 3 is 2.23 bits per heavy atom. The van der Waals surface area contributed by atoms with Crippen LogP contribution in [0.2, 0.25) is 0 Å². The highest BCUT2D eigenvalue weighted by Gasteiger charge is 2.15. The van der Waals surface area contributed by atoms with Crippen LogP contribution in [0.3, 0.4) is 0 Å². The van der Waals surface area contributed by atoms with Crippen LogP contribution in [0.25, 0.3) is 0 Å². The molecule has 0 radical (unpaired) electrons. The van der Waals surface area contributed by atoms with Crippen LogP contribution in [0.5, 0.6) is 5.75 Å². The molecule has 0 aliphatic rings. The number of nitrogens with zero attached hydrogens (tertiary/aromatic N) is 2. The summed E-state index contributed by atoms with van der Waals surface area (Å²) in [6.07, 6.45) is 1.61. The van der Waals surface area contributed by atoms with Gasteiger partial charge in [0.25, 0.3) is 0 Å². The molecule has 2 rings (SSSR count). The molecule has 138 valence electrons. The Balaban J connectivity index is 1.89. The Hall–Kier alpha value is -2.66. The molecule has 5 nitrogen and oxygen atoms in total. The molecule has 0 N–H and O–H groups in total. The SMILES string of the molecule is CN(CCCOc1ccc(S(C)(=O)=O)cc1)c1c(F)cc(C#N)cc1F. The number of benzene rings is 2. The maximum absolute atomic E-state index is 13.9. The molecule has 0 aliphatic heterocycles. The van der Waals surface area contributed by atoms with E-state index in [1.165, 1.54) is 17.0 Å². The summed E-state index contributed by atoms with van der Waals surface area (Å²) in [4.78, 5) is 1.62. The fourth-order valence-corrected chi connectivity index (χ4v) is 3.01. The molecule has 0 aliphatic carbocycles. The average molecular weight is 380 g/mol. The molecule has 0 heterocycles. The van der Waals surface area contributed by atoms with Gasteiger partial charge >= 0.3 is 0 Å². The highest BCUT2D eigenvalue weighted by atomic mass is 32.2. The molecule has 0 fully saturated rings. The van der Waals surface area contributed by atoms with Crippen molar-refractivity contribution in [1.29, 1.82) is 5.26 Å². The van der Waals surface area contributed by atoms with Crippen LogP contribution < -0.4 is 9.64 Å². The van der Waals surface area contributed by atoms with Gasteiger partial charge in [-0.2, -0.15) is 5.26 Å². The lowest BCUT2D eigenvalue weighted by Gasteiger charge is -2.20. The molecule has 2 aromatic carbocycles. The molecule has 26 heavy (non-hydrogen) atoms. The Bertz CT molecular complexity index is 899. The second kappa shape index (κ2) is 8.15. The predicted octanol–water partition coefficient (Wildman–Crippen LogP) is 3.15. The minimum atomic E-state index is -3.25. The lowest BCUT2D eigenvalue weighted by Crippen LogP contribution is -2.22. The van der Waals surface area contributed by atoms with Crippen molar-refractivity contribution in [2.24, 2.45) is 0 Å². The summed E-state index contributed by atoms with van der Waals surface area (Å²) in [7, 11) is -1.70. The minimum absolute atomic E-state index is 0.0713. The topological polar surface area (TPSA) is 70.4 Å². The minimum Gasteiger partial charge on any atom is -0.494 e. The van der Waals surface area contributed by atoms with Gasteiger partial charge in [-0.05, 0) is 42.8 Å². The van der Waals surface area contributed by atoms with Gasteiger partial charge in [-0.25, -0.2) is 17.2 Å². The third-order valence-electron chi connectivity index (χ3n) is 3.69.